The summed E-state index contributed by atoms with van der Waals surface area (Å²) in [5, 5.41) is 2.51. The van der Waals surface area contributed by atoms with E-state index in [0.717, 1.165) is 18.6 Å². The monoisotopic (exact) mass is 263 g/mol. The number of aromatic nitrogens is 1. The lowest BCUT2D eigenvalue weighted by Gasteiger charge is -2.07. The van der Waals surface area contributed by atoms with Crippen molar-refractivity contribution in [3.05, 3.63) is 72.1 Å². The van der Waals surface area contributed by atoms with Crippen molar-refractivity contribution in [3.63, 3.8) is 0 Å². The van der Waals surface area contributed by atoms with Gasteiger partial charge in [0.05, 0.1) is 7.11 Å². The molecule has 0 fully saturated rings. The molecule has 0 radical (unpaired) electrons. The highest BCUT2D eigenvalue weighted by molar-refractivity contribution is 5.84. The van der Waals surface area contributed by atoms with Crippen LogP contribution in [0.4, 0.5) is 0 Å². The predicted molar refractivity (Wildman–Crippen MR) is 82.1 cm³/mol. The number of ether oxygens (including phenoxy) is 1. The summed E-state index contributed by atoms with van der Waals surface area (Å²) in [6.45, 7) is 0. The molecule has 2 nitrogen and oxygen atoms in total. The van der Waals surface area contributed by atoms with Gasteiger partial charge >= 0.3 is 0 Å². The highest BCUT2D eigenvalue weighted by Crippen LogP contribution is 2.20. The van der Waals surface area contributed by atoms with Gasteiger partial charge in [-0.2, -0.15) is 0 Å². The predicted octanol–water partition coefficient (Wildman–Crippen LogP) is 4.03. The molecule has 0 aliphatic carbocycles. The van der Waals surface area contributed by atoms with Gasteiger partial charge in [-0.3, -0.25) is 4.98 Å². The molecule has 100 valence electrons. The molecule has 0 saturated carbocycles. The van der Waals surface area contributed by atoms with Crippen molar-refractivity contribution in [1.82, 2.24) is 4.98 Å². The van der Waals surface area contributed by atoms with Crippen molar-refractivity contribution < 1.29 is 4.74 Å². The zero-order valence-corrected chi connectivity index (χ0v) is 11.5. The molecule has 1 heterocycles. The van der Waals surface area contributed by atoms with E-state index in [0.29, 0.717) is 0 Å². The van der Waals surface area contributed by atoms with Crippen LogP contribution >= 0.6 is 0 Å². The van der Waals surface area contributed by atoms with Gasteiger partial charge in [0.2, 0.25) is 0 Å². The maximum Gasteiger partial charge on any atom is 0.118 e. The first-order valence-corrected chi connectivity index (χ1v) is 6.81. The Morgan fingerprint density at radius 1 is 0.950 bits per heavy atom. The van der Waals surface area contributed by atoms with E-state index in [-0.39, 0.29) is 0 Å². The minimum absolute atomic E-state index is 0.907. The van der Waals surface area contributed by atoms with Gasteiger partial charge in [-0.15, -0.1) is 0 Å². The molecule has 0 bridgehead atoms. The first kappa shape index (κ1) is 12.7. The highest BCUT2D eigenvalue weighted by atomic mass is 16.5. The van der Waals surface area contributed by atoms with Gasteiger partial charge in [-0.05, 0) is 47.6 Å². The van der Waals surface area contributed by atoms with Gasteiger partial charge in [0.15, 0.2) is 0 Å². The van der Waals surface area contributed by atoms with Crippen molar-refractivity contribution in [2.75, 3.05) is 7.11 Å². The zero-order chi connectivity index (χ0) is 13.8. The van der Waals surface area contributed by atoms with E-state index in [2.05, 4.69) is 41.4 Å². The van der Waals surface area contributed by atoms with Crippen LogP contribution in [-0.2, 0) is 12.8 Å². The molecule has 0 amide bonds. The van der Waals surface area contributed by atoms with Gasteiger partial charge in [-0.1, -0.05) is 30.3 Å². The van der Waals surface area contributed by atoms with Gasteiger partial charge < -0.3 is 4.74 Å². The number of aryl methyl sites for hydroxylation is 2. The second kappa shape index (κ2) is 5.74. The van der Waals surface area contributed by atoms with Crippen molar-refractivity contribution in [2.24, 2.45) is 0 Å². The van der Waals surface area contributed by atoms with E-state index < -0.39 is 0 Å². The lowest BCUT2D eigenvalue weighted by molar-refractivity contribution is 0.414. The smallest absolute Gasteiger partial charge is 0.118 e. The Balaban J connectivity index is 1.79. The maximum absolute atomic E-state index is 5.18. The molecule has 2 heteroatoms. The minimum atomic E-state index is 0.907. The average molecular weight is 263 g/mol. The quantitative estimate of drug-likeness (QED) is 0.709. The highest BCUT2D eigenvalue weighted by Gasteiger charge is 2.01. The molecule has 1 aromatic heterocycles. The Morgan fingerprint density at radius 2 is 1.80 bits per heavy atom. The first-order chi connectivity index (χ1) is 9.86. The molecule has 2 aromatic carbocycles. The van der Waals surface area contributed by atoms with Crippen molar-refractivity contribution in [2.45, 2.75) is 12.8 Å². The summed E-state index contributed by atoms with van der Waals surface area (Å²) in [4.78, 5) is 4.18. The van der Waals surface area contributed by atoms with Crippen LogP contribution in [0, 0.1) is 0 Å². The van der Waals surface area contributed by atoms with Crippen molar-refractivity contribution in [3.8, 4) is 5.75 Å². The third kappa shape index (κ3) is 2.64. The molecule has 0 saturated heterocycles. The molecular formula is C18H17NO. The van der Waals surface area contributed by atoms with Crippen LogP contribution in [-0.4, -0.2) is 12.1 Å². The summed E-state index contributed by atoms with van der Waals surface area (Å²) in [7, 11) is 1.69. The fraction of sp³-hybridized carbons (Fsp3) is 0.167. The van der Waals surface area contributed by atoms with Crippen LogP contribution in [0.15, 0.2) is 60.9 Å². The van der Waals surface area contributed by atoms with E-state index in [9.17, 15) is 0 Å². The van der Waals surface area contributed by atoms with Crippen molar-refractivity contribution >= 4 is 10.8 Å². The Morgan fingerprint density at radius 3 is 2.60 bits per heavy atom. The minimum Gasteiger partial charge on any atom is -0.497 e. The Hall–Kier alpha value is -2.35. The van der Waals surface area contributed by atoms with Crippen LogP contribution in [0.25, 0.3) is 10.8 Å². The number of benzene rings is 2. The van der Waals surface area contributed by atoms with Crippen LogP contribution in [0.1, 0.15) is 11.1 Å². The van der Waals surface area contributed by atoms with Crippen molar-refractivity contribution in [1.29, 1.82) is 0 Å². The molecule has 3 aromatic rings. The summed E-state index contributed by atoms with van der Waals surface area (Å²) < 4.78 is 5.18. The van der Waals surface area contributed by atoms with Gasteiger partial charge in [0, 0.05) is 17.8 Å². The molecule has 0 atom stereocenters. The third-order valence-electron chi connectivity index (χ3n) is 3.61. The molecule has 0 aliphatic rings. The largest absolute Gasteiger partial charge is 0.497 e. The van der Waals surface area contributed by atoms with E-state index >= 15 is 0 Å². The summed E-state index contributed by atoms with van der Waals surface area (Å²) in [5.41, 5.74) is 2.71. The first-order valence-electron chi connectivity index (χ1n) is 6.81. The SMILES string of the molecule is COc1ccc(CCc2cccc3cnccc23)cc1. The molecule has 0 spiro atoms. The summed E-state index contributed by atoms with van der Waals surface area (Å²) in [6, 6.07) is 16.8. The van der Waals surface area contributed by atoms with Crippen LogP contribution < -0.4 is 4.74 Å². The number of pyridine rings is 1. The third-order valence-corrected chi connectivity index (χ3v) is 3.61. The summed E-state index contributed by atoms with van der Waals surface area (Å²) in [6.07, 6.45) is 5.85. The molecule has 0 N–H and O–H groups in total. The van der Waals surface area contributed by atoms with E-state index in [1.54, 1.807) is 7.11 Å². The van der Waals surface area contributed by atoms with E-state index in [1.165, 1.54) is 21.9 Å². The molecule has 0 aliphatic heterocycles. The number of fused-ring (bicyclic) bond motifs is 1. The molecule has 0 unspecified atom stereocenters. The second-order valence-electron chi connectivity index (χ2n) is 4.86. The average Bonchev–Trinajstić information content (AvgIpc) is 2.53. The van der Waals surface area contributed by atoms with Crippen LogP contribution in [0.3, 0.4) is 0 Å². The maximum atomic E-state index is 5.18. The fourth-order valence-electron chi connectivity index (χ4n) is 2.48. The molecule has 20 heavy (non-hydrogen) atoms. The number of rotatable bonds is 4. The van der Waals surface area contributed by atoms with Crippen LogP contribution in [0.5, 0.6) is 5.75 Å². The number of methoxy groups -OCH3 is 1. The standard InChI is InChI=1S/C18H17NO/c1-20-17-9-6-14(7-10-17)5-8-15-3-2-4-16-13-19-12-11-18(15)16/h2-4,6-7,9-13H,5,8H2,1H3. The fourth-order valence-corrected chi connectivity index (χ4v) is 2.48. The topological polar surface area (TPSA) is 22.1 Å². The van der Waals surface area contributed by atoms with Crippen LogP contribution in [0.2, 0.25) is 0 Å². The van der Waals surface area contributed by atoms with E-state index in [4.69, 9.17) is 4.74 Å². The Labute approximate surface area is 119 Å². The normalized spacial score (nSPS) is 10.7. The number of hydrogen-bond donors (Lipinski definition) is 0. The van der Waals surface area contributed by atoms with Gasteiger partial charge in [-0.25, -0.2) is 0 Å². The summed E-state index contributed by atoms with van der Waals surface area (Å²) >= 11 is 0. The lowest BCUT2D eigenvalue weighted by atomic mass is 10.00. The van der Waals surface area contributed by atoms with Gasteiger partial charge in [0.25, 0.3) is 0 Å². The summed E-state index contributed by atoms with van der Waals surface area (Å²) in [5.74, 6) is 0.907. The second-order valence-corrected chi connectivity index (χ2v) is 4.86. The lowest BCUT2D eigenvalue weighted by Crippen LogP contribution is -1.93. The number of hydrogen-bond acceptors (Lipinski definition) is 2. The Bertz CT molecular complexity index is 699. The van der Waals surface area contributed by atoms with Gasteiger partial charge in [0.1, 0.15) is 5.75 Å². The zero-order valence-electron chi connectivity index (χ0n) is 11.5. The van der Waals surface area contributed by atoms with E-state index in [1.807, 2.05) is 24.5 Å². The molecular weight excluding hydrogens is 246 g/mol. The number of nitrogens with zero attached hydrogens (tertiary/aromatic N) is 1. The Kier molecular flexibility index (Phi) is 3.64. The molecule has 3 rings (SSSR count).